The third kappa shape index (κ3) is 3.79. The fraction of sp³-hybridized carbons (Fsp3) is 0.444. The zero-order valence-corrected chi connectivity index (χ0v) is 14.9. The summed E-state index contributed by atoms with van der Waals surface area (Å²) in [5.41, 5.74) is 8.28. The Bertz CT molecular complexity index is 695. The van der Waals surface area contributed by atoms with Crippen LogP contribution in [0.5, 0.6) is 0 Å². The van der Waals surface area contributed by atoms with Gasteiger partial charge in [-0.2, -0.15) is 0 Å². The Balaban J connectivity index is 0.00000208. The smallest absolute Gasteiger partial charge is 0.227 e. The molecule has 1 aliphatic carbocycles. The van der Waals surface area contributed by atoms with Crippen molar-refractivity contribution in [3.05, 3.63) is 35.7 Å². The second kappa shape index (κ2) is 7.81. The van der Waals surface area contributed by atoms with E-state index in [0.29, 0.717) is 18.4 Å². The number of hydrogen-bond acceptors (Lipinski definition) is 4. The molecule has 1 fully saturated rings. The number of anilines is 1. The van der Waals surface area contributed by atoms with E-state index < -0.39 is 0 Å². The van der Waals surface area contributed by atoms with E-state index in [4.69, 9.17) is 10.2 Å². The summed E-state index contributed by atoms with van der Waals surface area (Å²) >= 11 is 0. The van der Waals surface area contributed by atoms with Gasteiger partial charge in [0, 0.05) is 17.2 Å². The summed E-state index contributed by atoms with van der Waals surface area (Å²) in [5, 5.41) is 3.02. The van der Waals surface area contributed by atoms with Gasteiger partial charge in [0.2, 0.25) is 11.8 Å². The van der Waals surface area contributed by atoms with Gasteiger partial charge >= 0.3 is 0 Å². The van der Waals surface area contributed by atoms with Crippen LogP contribution in [0.25, 0.3) is 11.5 Å². The summed E-state index contributed by atoms with van der Waals surface area (Å²) in [5.74, 6) is 1.78. The number of nitrogens with zero attached hydrogens (tertiary/aromatic N) is 1. The number of benzene rings is 1. The number of aromatic nitrogens is 1. The van der Waals surface area contributed by atoms with Crippen LogP contribution in [0, 0.1) is 25.7 Å². The third-order valence-corrected chi connectivity index (χ3v) is 4.70. The molecule has 1 amide bonds. The maximum Gasteiger partial charge on any atom is 0.227 e. The molecular weight excluding hydrogens is 326 g/mol. The summed E-state index contributed by atoms with van der Waals surface area (Å²) in [7, 11) is 0. The van der Waals surface area contributed by atoms with Gasteiger partial charge in [-0.25, -0.2) is 4.98 Å². The Morgan fingerprint density at radius 1 is 1.38 bits per heavy atom. The van der Waals surface area contributed by atoms with Crippen LogP contribution in [0.3, 0.4) is 0 Å². The fourth-order valence-electron chi connectivity index (χ4n) is 3.23. The molecular formula is C18H24ClN3O2. The average molecular weight is 350 g/mol. The molecule has 2 aromatic rings. The monoisotopic (exact) mass is 349 g/mol. The molecule has 1 aromatic carbocycles. The molecule has 0 unspecified atom stereocenters. The first-order valence-corrected chi connectivity index (χ1v) is 8.14. The minimum atomic E-state index is 0. The van der Waals surface area contributed by atoms with Gasteiger partial charge in [0.15, 0.2) is 0 Å². The molecule has 6 heteroatoms. The number of aryl methyl sites for hydroxylation is 2. The van der Waals surface area contributed by atoms with Crippen molar-refractivity contribution in [1.82, 2.24) is 4.98 Å². The summed E-state index contributed by atoms with van der Waals surface area (Å²) in [6.45, 7) is 4.39. The summed E-state index contributed by atoms with van der Waals surface area (Å²) in [6, 6.07) is 7.61. The first-order valence-electron chi connectivity index (χ1n) is 8.14. The molecule has 0 saturated heterocycles. The van der Waals surface area contributed by atoms with Gasteiger partial charge in [-0.15, -0.1) is 12.4 Å². The van der Waals surface area contributed by atoms with Gasteiger partial charge in [-0.1, -0.05) is 12.5 Å². The molecule has 0 bridgehead atoms. The van der Waals surface area contributed by atoms with Crippen molar-refractivity contribution in [3.63, 3.8) is 0 Å². The van der Waals surface area contributed by atoms with Crippen molar-refractivity contribution in [2.24, 2.45) is 17.6 Å². The van der Waals surface area contributed by atoms with E-state index in [1.165, 1.54) is 0 Å². The summed E-state index contributed by atoms with van der Waals surface area (Å²) in [4.78, 5) is 16.9. The highest BCUT2D eigenvalue weighted by Gasteiger charge is 2.31. The van der Waals surface area contributed by atoms with E-state index in [9.17, 15) is 4.79 Å². The third-order valence-electron chi connectivity index (χ3n) is 4.70. The van der Waals surface area contributed by atoms with Crippen LogP contribution in [0.15, 0.2) is 28.7 Å². The van der Waals surface area contributed by atoms with Crippen LogP contribution in [0.4, 0.5) is 5.69 Å². The molecule has 1 saturated carbocycles. The van der Waals surface area contributed by atoms with E-state index in [-0.39, 0.29) is 24.2 Å². The van der Waals surface area contributed by atoms with Crippen LogP contribution in [-0.2, 0) is 4.79 Å². The van der Waals surface area contributed by atoms with E-state index >= 15 is 0 Å². The highest BCUT2D eigenvalue weighted by molar-refractivity contribution is 5.93. The molecule has 0 radical (unpaired) electrons. The minimum absolute atomic E-state index is 0. The summed E-state index contributed by atoms with van der Waals surface area (Å²) < 4.78 is 5.65. The predicted octanol–water partition coefficient (Wildman–Crippen LogP) is 3.69. The molecule has 3 N–H and O–H groups in total. The van der Waals surface area contributed by atoms with Crippen molar-refractivity contribution >= 4 is 24.0 Å². The zero-order valence-electron chi connectivity index (χ0n) is 14.0. The standard InChI is InChI=1S/C18H23N3O2.ClH/c1-11-12(2)23-18(20-11)13-5-3-7-15(9-13)21-17(22)16-8-4-6-14(16)10-19;/h3,5,7,9,14,16H,4,6,8,10,19H2,1-2H3,(H,21,22);1H/t14-,16-;/m1./s1. The molecule has 130 valence electrons. The number of carbonyl (C=O) groups excluding carboxylic acids is 1. The second-order valence-electron chi connectivity index (χ2n) is 6.26. The van der Waals surface area contributed by atoms with Crippen LogP contribution < -0.4 is 11.1 Å². The Morgan fingerprint density at radius 2 is 2.17 bits per heavy atom. The molecule has 1 aromatic heterocycles. The first-order chi connectivity index (χ1) is 11.1. The van der Waals surface area contributed by atoms with E-state index in [1.807, 2.05) is 38.1 Å². The maximum atomic E-state index is 12.5. The number of rotatable bonds is 4. The number of nitrogens with two attached hydrogens (primary N) is 1. The highest BCUT2D eigenvalue weighted by atomic mass is 35.5. The van der Waals surface area contributed by atoms with Gasteiger partial charge in [0.05, 0.1) is 5.69 Å². The number of oxazole rings is 1. The predicted molar refractivity (Wildman–Crippen MR) is 97.2 cm³/mol. The van der Waals surface area contributed by atoms with Crippen molar-refractivity contribution in [1.29, 1.82) is 0 Å². The number of nitrogens with one attached hydrogen (secondary N) is 1. The molecule has 3 rings (SSSR count). The van der Waals surface area contributed by atoms with E-state index in [2.05, 4.69) is 10.3 Å². The van der Waals surface area contributed by atoms with E-state index in [1.54, 1.807) is 0 Å². The lowest BCUT2D eigenvalue weighted by atomic mass is 9.95. The second-order valence-corrected chi connectivity index (χ2v) is 6.26. The first kappa shape index (κ1) is 18.5. The Morgan fingerprint density at radius 3 is 2.83 bits per heavy atom. The lowest BCUT2D eigenvalue weighted by Gasteiger charge is -2.17. The molecule has 1 heterocycles. The van der Waals surface area contributed by atoms with Crippen molar-refractivity contribution in [3.8, 4) is 11.5 Å². The zero-order chi connectivity index (χ0) is 16.4. The Kier molecular flexibility index (Phi) is 6.02. The topological polar surface area (TPSA) is 81.2 Å². The SMILES string of the molecule is Cc1nc(-c2cccc(NC(=O)[C@@H]3CCC[C@@H]3CN)c2)oc1C.Cl. The van der Waals surface area contributed by atoms with Crippen molar-refractivity contribution in [2.75, 3.05) is 11.9 Å². The number of carbonyl (C=O) groups is 1. The highest BCUT2D eigenvalue weighted by Crippen LogP contribution is 2.32. The lowest BCUT2D eigenvalue weighted by molar-refractivity contribution is -0.120. The van der Waals surface area contributed by atoms with Gasteiger partial charge in [-0.3, -0.25) is 4.79 Å². The quantitative estimate of drug-likeness (QED) is 0.881. The van der Waals surface area contributed by atoms with Crippen LogP contribution in [-0.4, -0.2) is 17.4 Å². The van der Waals surface area contributed by atoms with Crippen molar-refractivity contribution < 1.29 is 9.21 Å². The number of hydrogen-bond donors (Lipinski definition) is 2. The van der Waals surface area contributed by atoms with Gasteiger partial charge in [0.1, 0.15) is 5.76 Å². The summed E-state index contributed by atoms with van der Waals surface area (Å²) in [6.07, 6.45) is 3.05. The Hall–Kier alpha value is -1.85. The molecule has 24 heavy (non-hydrogen) atoms. The Labute approximate surface area is 148 Å². The van der Waals surface area contributed by atoms with Gasteiger partial charge < -0.3 is 15.5 Å². The molecule has 0 aliphatic heterocycles. The molecule has 1 aliphatic rings. The molecule has 5 nitrogen and oxygen atoms in total. The van der Waals surface area contributed by atoms with E-state index in [0.717, 1.165) is 42.0 Å². The average Bonchev–Trinajstić information content (AvgIpc) is 3.14. The van der Waals surface area contributed by atoms with Gasteiger partial charge in [0.25, 0.3) is 0 Å². The fourth-order valence-corrected chi connectivity index (χ4v) is 3.23. The maximum absolute atomic E-state index is 12.5. The lowest BCUT2D eigenvalue weighted by Crippen LogP contribution is -2.29. The molecule has 0 spiro atoms. The largest absolute Gasteiger partial charge is 0.441 e. The number of halogens is 1. The molecule has 2 atom stereocenters. The number of amides is 1. The van der Waals surface area contributed by atoms with Crippen LogP contribution >= 0.6 is 12.4 Å². The van der Waals surface area contributed by atoms with Crippen LogP contribution in [0.1, 0.15) is 30.7 Å². The van der Waals surface area contributed by atoms with Gasteiger partial charge in [-0.05, 0) is 57.4 Å². The normalized spacial score (nSPS) is 19.8. The minimum Gasteiger partial charge on any atom is -0.441 e. The van der Waals surface area contributed by atoms with Crippen LogP contribution in [0.2, 0.25) is 0 Å². The van der Waals surface area contributed by atoms with Crippen molar-refractivity contribution in [2.45, 2.75) is 33.1 Å².